The van der Waals surface area contributed by atoms with E-state index in [9.17, 15) is 13.2 Å². The lowest BCUT2D eigenvalue weighted by molar-refractivity contribution is 0.101. The minimum atomic E-state index is -3.65. The van der Waals surface area contributed by atoms with Crippen LogP contribution in [-0.2, 0) is 16.4 Å². The molecule has 122 valence electrons. The highest BCUT2D eigenvalue weighted by Gasteiger charge is 2.13. The molecule has 1 heterocycles. The number of terminal acetylenes is 1. The molecule has 1 aromatic carbocycles. The predicted octanol–water partition coefficient (Wildman–Crippen LogP) is 1.93. The summed E-state index contributed by atoms with van der Waals surface area (Å²) in [6, 6.07) is 5.37. The molecule has 0 saturated heterocycles. The number of nitrogens with two attached hydrogens (primary N) is 1. The summed E-state index contributed by atoms with van der Waals surface area (Å²) in [4.78, 5) is 10.9. The molecule has 6 nitrogen and oxygen atoms in total. The number of Topliss-reactive ketones (excluding diaryl/α,β-unsaturated/α-hetero) is 1. The number of carbonyl (C=O) groups excluding carboxylic acids is 1. The summed E-state index contributed by atoms with van der Waals surface area (Å²) in [5.74, 6) is 2.62. The summed E-state index contributed by atoms with van der Waals surface area (Å²) >= 11 is 1.00. The summed E-state index contributed by atoms with van der Waals surface area (Å²) in [5.41, 5.74) is 2.54. The summed E-state index contributed by atoms with van der Waals surface area (Å²) in [6.45, 7) is 5.32. The molecule has 0 unspecified atom stereocenters. The Bertz CT molecular complexity index is 849. The van der Waals surface area contributed by atoms with Crippen molar-refractivity contribution in [2.75, 3.05) is 0 Å². The van der Waals surface area contributed by atoms with E-state index >= 15 is 0 Å². The molecular weight excluding hydrogens is 334 g/mol. The zero-order valence-electron chi connectivity index (χ0n) is 13.0. The van der Waals surface area contributed by atoms with Crippen LogP contribution in [0.1, 0.15) is 40.3 Å². The van der Waals surface area contributed by atoms with Gasteiger partial charge in [-0.3, -0.25) is 4.79 Å². The molecule has 0 bridgehead atoms. The largest absolute Gasteiger partial charge is 0.295 e. The number of aromatic nitrogens is 2. The summed E-state index contributed by atoms with van der Waals surface area (Å²) in [7, 11) is -3.65. The number of primary sulfonamides is 1. The van der Waals surface area contributed by atoms with E-state index in [1.54, 1.807) is 19.1 Å². The van der Waals surface area contributed by atoms with E-state index in [0.29, 0.717) is 17.0 Å². The van der Waals surface area contributed by atoms with Crippen LogP contribution in [0.4, 0.5) is 0 Å². The van der Waals surface area contributed by atoms with E-state index in [1.807, 2.05) is 19.9 Å². The van der Waals surface area contributed by atoms with Gasteiger partial charge in [-0.05, 0) is 38.0 Å². The number of hydrogen-bond donors (Lipinski definition) is 1. The molecule has 1 aromatic heterocycles. The molecule has 0 aliphatic rings. The maximum absolute atomic E-state index is 10.9. The van der Waals surface area contributed by atoms with Gasteiger partial charge in [0.25, 0.3) is 10.0 Å². The zero-order chi connectivity index (χ0) is 17.6. The van der Waals surface area contributed by atoms with Crippen LogP contribution in [0, 0.1) is 19.3 Å². The third kappa shape index (κ3) is 5.56. The van der Waals surface area contributed by atoms with E-state index < -0.39 is 10.0 Å². The van der Waals surface area contributed by atoms with Gasteiger partial charge in [-0.25, -0.2) is 13.6 Å². The number of aryl methyl sites for hydroxylation is 2. The first kappa shape index (κ1) is 19.0. The monoisotopic (exact) mass is 351 g/mol. The van der Waals surface area contributed by atoms with Gasteiger partial charge in [0, 0.05) is 11.1 Å². The van der Waals surface area contributed by atoms with Crippen molar-refractivity contribution in [2.24, 2.45) is 5.14 Å². The lowest BCUT2D eigenvalue weighted by Crippen LogP contribution is -2.11. The number of sulfonamides is 1. The maximum Gasteiger partial charge on any atom is 0.267 e. The van der Waals surface area contributed by atoms with Gasteiger partial charge in [0.15, 0.2) is 5.78 Å². The molecule has 0 aliphatic heterocycles. The van der Waals surface area contributed by atoms with Crippen LogP contribution in [0.15, 0.2) is 22.5 Å². The van der Waals surface area contributed by atoms with E-state index in [2.05, 4.69) is 16.1 Å². The second-order valence-electron chi connectivity index (χ2n) is 4.59. The summed E-state index contributed by atoms with van der Waals surface area (Å²) < 4.78 is 21.2. The molecule has 23 heavy (non-hydrogen) atoms. The Hall–Kier alpha value is -2.08. The number of hydrogen-bond acceptors (Lipinski definition) is 6. The molecule has 0 radical (unpaired) electrons. The minimum absolute atomic E-state index is 0.0710. The van der Waals surface area contributed by atoms with Crippen LogP contribution < -0.4 is 5.14 Å². The van der Waals surface area contributed by atoms with Crippen molar-refractivity contribution in [1.82, 2.24) is 10.2 Å². The standard InChI is InChI=1S/C11H10O.C4H7N3O2S2/c1-4-10-5-6-11(9(3)12)7-8(10)2;1-2-3-6-7-4(10-3)11(5,8)9/h1,5-7H,2-3H3;2H2,1H3,(H2,5,8,9). The van der Waals surface area contributed by atoms with Crippen LogP contribution in [0.5, 0.6) is 0 Å². The highest BCUT2D eigenvalue weighted by atomic mass is 32.2. The van der Waals surface area contributed by atoms with Crippen molar-refractivity contribution in [3.05, 3.63) is 39.9 Å². The minimum Gasteiger partial charge on any atom is -0.295 e. The fourth-order valence-corrected chi connectivity index (χ4v) is 2.96. The van der Waals surface area contributed by atoms with Crippen molar-refractivity contribution in [2.45, 2.75) is 31.5 Å². The van der Waals surface area contributed by atoms with Gasteiger partial charge in [0.05, 0.1) is 0 Å². The van der Waals surface area contributed by atoms with Crippen LogP contribution in [-0.4, -0.2) is 24.4 Å². The Balaban J connectivity index is 0.000000231. The molecule has 0 saturated carbocycles. The normalized spacial score (nSPS) is 10.4. The van der Waals surface area contributed by atoms with Gasteiger partial charge < -0.3 is 0 Å². The van der Waals surface area contributed by atoms with E-state index in [-0.39, 0.29) is 10.1 Å². The number of ketones is 1. The topological polar surface area (TPSA) is 103 Å². The van der Waals surface area contributed by atoms with Crippen LogP contribution >= 0.6 is 11.3 Å². The predicted molar refractivity (Wildman–Crippen MR) is 89.8 cm³/mol. The molecule has 0 atom stereocenters. The second-order valence-corrected chi connectivity index (χ2v) is 7.39. The highest BCUT2D eigenvalue weighted by Crippen LogP contribution is 2.13. The maximum atomic E-state index is 10.9. The Labute approximate surface area is 139 Å². The lowest BCUT2D eigenvalue weighted by Gasteiger charge is -2.00. The van der Waals surface area contributed by atoms with Crippen molar-refractivity contribution in [3.63, 3.8) is 0 Å². The second kappa shape index (κ2) is 7.97. The fraction of sp³-hybridized carbons (Fsp3) is 0.267. The number of nitrogens with zero attached hydrogens (tertiary/aromatic N) is 2. The lowest BCUT2D eigenvalue weighted by atomic mass is 10.0. The molecule has 0 spiro atoms. The molecule has 0 aliphatic carbocycles. The van der Waals surface area contributed by atoms with Crippen molar-refractivity contribution >= 4 is 27.1 Å². The first-order chi connectivity index (χ1) is 10.7. The third-order valence-corrected chi connectivity index (χ3v) is 5.16. The van der Waals surface area contributed by atoms with E-state index in [4.69, 9.17) is 11.6 Å². The van der Waals surface area contributed by atoms with Crippen LogP contribution in [0.2, 0.25) is 0 Å². The van der Waals surface area contributed by atoms with Crippen molar-refractivity contribution in [3.8, 4) is 12.3 Å². The van der Waals surface area contributed by atoms with Gasteiger partial charge in [0.2, 0.25) is 4.34 Å². The SMILES string of the molecule is C#Cc1ccc(C(C)=O)cc1C.CCc1nnc(S(N)(=O)=O)s1. The molecule has 8 heteroatoms. The molecule has 2 N–H and O–H groups in total. The van der Waals surface area contributed by atoms with E-state index in [1.165, 1.54) is 0 Å². The first-order valence-corrected chi connectivity index (χ1v) is 8.98. The Morgan fingerprint density at radius 1 is 1.39 bits per heavy atom. The Kier molecular flexibility index (Phi) is 6.57. The number of carbonyl (C=O) groups is 1. The molecule has 0 amide bonds. The van der Waals surface area contributed by atoms with Crippen molar-refractivity contribution < 1.29 is 13.2 Å². The zero-order valence-corrected chi connectivity index (χ0v) is 14.7. The average Bonchev–Trinajstić information content (AvgIpc) is 2.97. The van der Waals surface area contributed by atoms with E-state index in [0.717, 1.165) is 22.5 Å². The van der Waals surface area contributed by atoms with Gasteiger partial charge in [0.1, 0.15) is 5.01 Å². The molecule has 2 rings (SSSR count). The Morgan fingerprint density at radius 3 is 2.39 bits per heavy atom. The quantitative estimate of drug-likeness (QED) is 0.672. The highest BCUT2D eigenvalue weighted by molar-refractivity contribution is 7.91. The number of benzene rings is 1. The first-order valence-electron chi connectivity index (χ1n) is 6.62. The van der Waals surface area contributed by atoms with Gasteiger partial charge >= 0.3 is 0 Å². The average molecular weight is 351 g/mol. The summed E-state index contributed by atoms with van der Waals surface area (Å²) in [6.07, 6.45) is 5.92. The van der Waals surface area contributed by atoms with Crippen LogP contribution in [0.25, 0.3) is 0 Å². The van der Waals surface area contributed by atoms with Gasteiger partial charge in [-0.2, -0.15) is 0 Å². The Morgan fingerprint density at radius 2 is 2.04 bits per heavy atom. The molecule has 0 fully saturated rings. The van der Waals surface area contributed by atoms with Gasteiger partial charge in [-0.15, -0.1) is 16.6 Å². The third-order valence-electron chi connectivity index (χ3n) is 2.78. The number of rotatable bonds is 3. The summed E-state index contributed by atoms with van der Waals surface area (Å²) in [5, 5.41) is 12.5. The molecule has 2 aromatic rings. The van der Waals surface area contributed by atoms with Gasteiger partial charge in [-0.1, -0.05) is 30.2 Å². The molecular formula is C15H17N3O3S2. The van der Waals surface area contributed by atoms with Crippen molar-refractivity contribution in [1.29, 1.82) is 0 Å². The smallest absolute Gasteiger partial charge is 0.267 e. The van der Waals surface area contributed by atoms with Crippen LogP contribution in [0.3, 0.4) is 0 Å². The fourth-order valence-electron chi connectivity index (χ4n) is 1.54.